The van der Waals surface area contributed by atoms with E-state index in [4.69, 9.17) is 10.5 Å². The zero-order valence-electron chi connectivity index (χ0n) is 9.06. The lowest BCUT2D eigenvalue weighted by Crippen LogP contribution is -2.35. The lowest BCUT2D eigenvalue weighted by atomic mass is 10.1. The smallest absolute Gasteiger partial charge is 0.229 e. The Bertz CT molecular complexity index is 278. The Balaban J connectivity index is 1.89. The molecule has 0 radical (unpaired) electrons. The maximum Gasteiger partial charge on any atom is 0.229 e. The fraction of sp³-hybridized carbons (Fsp3) is 0.727. The Morgan fingerprint density at radius 3 is 2.87 bits per heavy atom. The maximum absolute atomic E-state index is 12.0. The number of hydrogen-bond acceptors (Lipinski definition) is 3. The number of carbonyl (C=O) groups is 1. The number of nitrogens with zero attached hydrogens (tertiary/aromatic N) is 1. The van der Waals surface area contributed by atoms with Gasteiger partial charge in [-0.2, -0.15) is 0 Å². The molecule has 1 aliphatic carbocycles. The third-order valence-corrected chi connectivity index (χ3v) is 3.22. The van der Waals surface area contributed by atoms with Crippen LogP contribution < -0.4 is 5.73 Å². The molecule has 0 aromatic heterocycles. The summed E-state index contributed by atoms with van der Waals surface area (Å²) in [5, 5.41) is 0. The van der Waals surface area contributed by atoms with Gasteiger partial charge in [-0.05, 0) is 12.8 Å². The lowest BCUT2D eigenvalue weighted by molar-refractivity contribution is -0.133. The van der Waals surface area contributed by atoms with Crippen LogP contribution in [0.3, 0.4) is 0 Å². The Kier molecular flexibility index (Phi) is 3.07. The fourth-order valence-corrected chi connectivity index (χ4v) is 2.27. The molecule has 0 spiro atoms. The molecule has 3 unspecified atom stereocenters. The number of rotatable bonds is 2. The summed E-state index contributed by atoms with van der Waals surface area (Å²) in [5.74, 6) is 0.203. The number of amides is 1. The van der Waals surface area contributed by atoms with E-state index in [-0.39, 0.29) is 24.0 Å². The van der Waals surface area contributed by atoms with Gasteiger partial charge in [0.15, 0.2) is 0 Å². The van der Waals surface area contributed by atoms with Gasteiger partial charge in [-0.1, -0.05) is 12.2 Å². The second kappa shape index (κ2) is 4.33. The predicted molar refractivity (Wildman–Crippen MR) is 57.2 cm³/mol. The number of nitrogens with two attached hydrogens (primary N) is 1. The van der Waals surface area contributed by atoms with E-state index in [1.807, 2.05) is 17.1 Å². The van der Waals surface area contributed by atoms with Gasteiger partial charge in [0, 0.05) is 26.2 Å². The van der Waals surface area contributed by atoms with Crippen LogP contribution in [0.1, 0.15) is 12.8 Å². The number of carbonyl (C=O) groups excluding carboxylic acids is 1. The van der Waals surface area contributed by atoms with Gasteiger partial charge in [0.2, 0.25) is 5.91 Å². The van der Waals surface area contributed by atoms with Crippen molar-refractivity contribution in [3.8, 4) is 0 Å². The number of methoxy groups -OCH3 is 1. The van der Waals surface area contributed by atoms with E-state index in [2.05, 4.69) is 0 Å². The van der Waals surface area contributed by atoms with Crippen LogP contribution in [0.2, 0.25) is 0 Å². The number of likely N-dealkylation sites (tertiary alicyclic amines) is 1. The van der Waals surface area contributed by atoms with Crippen molar-refractivity contribution in [2.24, 2.45) is 11.7 Å². The topological polar surface area (TPSA) is 55.6 Å². The quantitative estimate of drug-likeness (QED) is 0.659. The molecule has 84 valence electrons. The Hall–Kier alpha value is -0.870. The second-order valence-corrected chi connectivity index (χ2v) is 4.32. The lowest BCUT2D eigenvalue weighted by Gasteiger charge is -2.19. The molecule has 3 atom stereocenters. The van der Waals surface area contributed by atoms with Crippen molar-refractivity contribution in [3.63, 3.8) is 0 Å². The van der Waals surface area contributed by atoms with Gasteiger partial charge < -0.3 is 15.4 Å². The minimum atomic E-state index is -0.00407. The summed E-state index contributed by atoms with van der Waals surface area (Å²) in [6, 6.07) is 0.0553. The molecule has 1 heterocycles. The maximum atomic E-state index is 12.0. The molecule has 0 bridgehead atoms. The monoisotopic (exact) mass is 210 g/mol. The zero-order valence-corrected chi connectivity index (χ0v) is 9.06. The van der Waals surface area contributed by atoms with Crippen molar-refractivity contribution in [2.45, 2.75) is 25.0 Å². The van der Waals surface area contributed by atoms with Gasteiger partial charge in [0.1, 0.15) is 0 Å². The highest BCUT2D eigenvalue weighted by molar-refractivity contribution is 5.81. The van der Waals surface area contributed by atoms with E-state index in [1.165, 1.54) is 0 Å². The highest BCUT2D eigenvalue weighted by atomic mass is 16.5. The normalized spacial score (nSPS) is 35.1. The summed E-state index contributed by atoms with van der Waals surface area (Å²) in [6.45, 7) is 1.55. The van der Waals surface area contributed by atoms with Crippen molar-refractivity contribution >= 4 is 5.91 Å². The molecule has 1 fully saturated rings. The molecule has 0 aromatic rings. The fourth-order valence-electron chi connectivity index (χ4n) is 2.27. The third kappa shape index (κ3) is 2.21. The van der Waals surface area contributed by atoms with Crippen LogP contribution in [0.25, 0.3) is 0 Å². The van der Waals surface area contributed by atoms with Crippen LogP contribution in [0.4, 0.5) is 0 Å². The van der Waals surface area contributed by atoms with Crippen molar-refractivity contribution < 1.29 is 9.53 Å². The standard InChI is InChI=1S/C11H18N2O2/c1-15-10-4-5-13(7-10)11(14)8-2-3-9(12)6-8/h2-3,8-10H,4-7,12H2,1H3. The Labute approximate surface area is 90.1 Å². The minimum absolute atomic E-state index is 0.00407. The summed E-state index contributed by atoms with van der Waals surface area (Å²) >= 11 is 0. The van der Waals surface area contributed by atoms with Crippen LogP contribution in [0, 0.1) is 5.92 Å². The summed E-state index contributed by atoms with van der Waals surface area (Å²) in [7, 11) is 1.70. The molecular formula is C11H18N2O2. The van der Waals surface area contributed by atoms with Crippen molar-refractivity contribution in [2.75, 3.05) is 20.2 Å². The molecule has 0 aromatic carbocycles. The van der Waals surface area contributed by atoms with E-state index in [0.717, 1.165) is 25.9 Å². The molecule has 2 aliphatic rings. The van der Waals surface area contributed by atoms with Crippen LogP contribution in [-0.2, 0) is 9.53 Å². The first kappa shape index (κ1) is 10.6. The van der Waals surface area contributed by atoms with Crippen LogP contribution in [0.5, 0.6) is 0 Å². The molecule has 0 saturated carbocycles. The highest BCUT2D eigenvalue weighted by Gasteiger charge is 2.31. The van der Waals surface area contributed by atoms with Crippen molar-refractivity contribution in [1.82, 2.24) is 4.90 Å². The molecule has 2 N–H and O–H groups in total. The Morgan fingerprint density at radius 1 is 1.53 bits per heavy atom. The van der Waals surface area contributed by atoms with Gasteiger partial charge in [0.05, 0.1) is 12.0 Å². The third-order valence-electron chi connectivity index (χ3n) is 3.22. The molecule has 1 saturated heterocycles. The average Bonchev–Trinajstić information content (AvgIpc) is 2.84. The molecule has 2 rings (SSSR count). The van der Waals surface area contributed by atoms with Crippen molar-refractivity contribution in [3.05, 3.63) is 12.2 Å². The SMILES string of the molecule is COC1CCN(C(=O)C2C=CC(N)C2)C1. The minimum Gasteiger partial charge on any atom is -0.380 e. The van der Waals surface area contributed by atoms with Crippen molar-refractivity contribution in [1.29, 1.82) is 0 Å². The number of ether oxygens (including phenoxy) is 1. The summed E-state index contributed by atoms with van der Waals surface area (Å²) in [6.07, 6.45) is 5.78. The molecule has 4 nitrogen and oxygen atoms in total. The molecule has 15 heavy (non-hydrogen) atoms. The van der Waals surface area contributed by atoms with Gasteiger partial charge in [-0.25, -0.2) is 0 Å². The van der Waals surface area contributed by atoms with E-state index in [1.54, 1.807) is 7.11 Å². The first-order valence-corrected chi connectivity index (χ1v) is 5.46. The van der Waals surface area contributed by atoms with Crippen LogP contribution in [-0.4, -0.2) is 43.2 Å². The first-order chi connectivity index (χ1) is 7.20. The summed E-state index contributed by atoms with van der Waals surface area (Å²) in [4.78, 5) is 13.9. The van der Waals surface area contributed by atoms with Crippen LogP contribution >= 0.6 is 0 Å². The molecule has 1 amide bonds. The largest absolute Gasteiger partial charge is 0.380 e. The Morgan fingerprint density at radius 2 is 2.33 bits per heavy atom. The second-order valence-electron chi connectivity index (χ2n) is 4.32. The van der Waals surface area contributed by atoms with E-state index in [9.17, 15) is 4.79 Å². The molecule has 1 aliphatic heterocycles. The summed E-state index contributed by atoms with van der Waals surface area (Å²) < 4.78 is 5.24. The summed E-state index contributed by atoms with van der Waals surface area (Å²) in [5.41, 5.74) is 5.73. The van der Waals surface area contributed by atoms with Crippen LogP contribution in [0.15, 0.2) is 12.2 Å². The van der Waals surface area contributed by atoms with E-state index >= 15 is 0 Å². The van der Waals surface area contributed by atoms with Gasteiger partial charge in [-0.3, -0.25) is 4.79 Å². The van der Waals surface area contributed by atoms with E-state index in [0.29, 0.717) is 0 Å². The molecule has 4 heteroatoms. The van der Waals surface area contributed by atoms with Gasteiger partial charge >= 0.3 is 0 Å². The first-order valence-electron chi connectivity index (χ1n) is 5.46. The molecular weight excluding hydrogens is 192 g/mol. The van der Waals surface area contributed by atoms with Gasteiger partial charge in [0.25, 0.3) is 0 Å². The number of hydrogen-bond donors (Lipinski definition) is 1. The van der Waals surface area contributed by atoms with E-state index < -0.39 is 0 Å². The highest BCUT2D eigenvalue weighted by Crippen LogP contribution is 2.22. The van der Waals surface area contributed by atoms with Gasteiger partial charge in [-0.15, -0.1) is 0 Å². The average molecular weight is 210 g/mol. The predicted octanol–water partition coefficient (Wildman–Crippen LogP) is 0.137. The zero-order chi connectivity index (χ0) is 10.8.